The molecule has 62 heavy (non-hydrogen) atoms. The van der Waals surface area contributed by atoms with Gasteiger partial charge in [-0.05, 0) is 96.1 Å². The molecule has 0 radical (unpaired) electrons. The van der Waals surface area contributed by atoms with Crippen molar-refractivity contribution in [2.24, 2.45) is 11.8 Å². The van der Waals surface area contributed by atoms with E-state index in [4.69, 9.17) is 24.2 Å². The molecule has 334 valence electrons. The molecule has 2 aromatic heterocycles. The van der Waals surface area contributed by atoms with Crippen molar-refractivity contribution in [1.82, 2.24) is 30.2 Å². The van der Waals surface area contributed by atoms with E-state index in [-0.39, 0.29) is 43.2 Å². The topological polar surface area (TPSA) is 207 Å². The number of allylic oxidation sites excluding steroid dienone is 1. The molecule has 1 saturated heterocycles. The van der Waals surface area contributed by atoms with Crippen LogP contribution in [-0.2, 0) is 29.1 Å². The van der Waals surface area contributed by atoms with Gasteiger partial charge in [-0.15, -0.1) is 11.3 Å². The van der Waals surface area contributed by atoms with Crippen molar-refractivity contribution in [2.75, 3.05) is 24.7 Å². The van der Waals surface area contributed by atoms with Gasteiger partial charge in [0, 0.05) is 41.3 Å². The molecule has 4 fully saturated rings. The van der Waals surface area contributed by atoms with Gasteiger partial charge in [-0.25, -0.2) is 23.2 Å². The third-order valence-corrected chi connectivity index (χ3v) is 14.5. The van der Waals surface area contributed by atoms with Gasteiger partial charge >= 0.3 is 6.09 Å². The zero-order chi connectivity index (χ0) is 43.6. The third-order valence-electron chi connectivity index (χ3n) is 12.4. The maximum absolute atomic E-state index is 14.8. The fourth-order valence-electron chi connectivity index (χ4n) is 8.78. The number of nitrogens with zero attached hydrogens (tertiary/aromatic N) is 3. The first-order valence-electron chi connectivity index (χ1n) is 22.0. The van der Waals surface area contributed by atoms with E-state index >= 15 is 0 Å². The van der Waals surface area contributed by atoms with Crippen molar-refractivity contribution in [3.8, 4) is 22.9 Å². The monoisotopic (exact) mass is 891 g/mol. The second-order valence-electron chi connectivity index (χ2n) is 17.7. The highest BCUT2D eigenvalue weighted by Gasteiger charge is 2.61. The number of benzene rings is 1. The van der Waals surface area contributed by atoms with Gasteiger partial charge in [0.2, 0.25) is 21.8 Å². The summed E-state index contributed by atoms with van der Waals surface area (Å²) in [4.78, 5) is 67.8. The van der Waals surface area contributed by atoms with Crippen LogP contribution in [0.1, 0.15) is 97.3 Å². The number of sulfonamides is 1. The zero-order valence-corrected chi connectivity index (χ0v) is 37.2. The van der Waals surface area contributed by atoms with Crippen LogP contribution in [0, 0.1) is 11.8 Å². The van der Waals surface area contributed by atoms with Crippen molar-refractivity contribution in [3.05, 3.63) is 41.8 Å². The van der Waals surface area contributed by atoms with Crippen LogP contribution in [-0.4, -0.2) is 102 Å². The first kappa shape index (κ1) is 43.7. The van der Waals surface area contributed by atoms with Crippen LogP contribution in [0.3, 0.4) is 0 Å². The third kappa shape index (κ3) is 10.3. The van der Waals surface area contributed by atoms with E-state index in [1.54, 1.807) is 25.3 Å². The normalized spacial score (nSPS) is 26.4. The van der Waals surface area contributed by atoms with Gasteiger partial charge in [0.15, 0.2) is 5.13 Å². The van der Waals surface area contributed by atoms with Gasteiger partial charge in [-0.1, -0.05) is 25.0 Å². The summed E-state index contributed by atoms with van der Waals surface area (Å²) in [5.41, 5.74) is 0.258. The number of ether oxygens (including phenoxy) is 3. The summed E-state index contributed by atoms with van der Waals surface area (Å²) in [5, 5.41) is 12.4. The highest BCUT2D eigenvalue weighted by atomic mass is 32.2. The van der Waals surface area contributed by atoms with Crippen LogP contribution in [0.5, 0.6) is 11.5 Å². The molecule has 4 amide bonds. The average molecular weight is 892 g/mol. The molecule has 5 atom stereocenters. The molecule has 3 saturated carbocycles. The number of amides is 4. The van der Waals surface area contributed by atoms with Crippen LogP contribution >= 0.6 is 11.3 Å². The maximum atomic E-state index is 14.8. The van der Waals surface area contributed by atoms with E-state index in [1.165, 1.54) is 16.2 Å². The summed E-state index contributed by atoms with van der Waals surface area (Å²) in [5.74, 6) is -1.40. The Hall–Kier alpha value is -4.97. The number of hydrogen-bond donors (Lipinski definition) is 4. The van der Waals surface area contributed by atoms with E-state index in [0.29, 0.717) is 53.1 Å². The lowest BCUT2D eigenvalue weighted by Gasteiger charge is -2.30. The predicted molar refractivity (Wildman–Crippen MR) is 234 cm³/mol. The molecule has 0 bridgehead atoms. The van der Waals surface area contributed by atoms with Crippen LogP contribution in [0.4, 0.5) is 9.93 Å². The van der Waals surface area contributed by atoms with Gasteiger partial charge in [0.05, 0.1) is 30.6 Å². The number of rotatable bonds is 12. The zero-order valence-electron chi connectivity index (χ0n) is 35.5. The SMILES string of the molecule is COc1ccc2c(O[C@@H]3C[C@H]4C(=O)N[C@]5(C(=O)NS(=O)(=O)CC6CC6)C[C@H]5/C=C\CCCCC[C@H](NC(=O)OC5CCCC5)C(=O)N4C3)cc(-c3csc(NC(C)C)n3)nc2c1. The number of methoxy groups -OCH3 is 1. The van der Waals surface area contributed by atoms with E-state index in [0.717, 1.165) is 56.5 Å². The number of aromatic nitrogens is 2. The number of hydrogen-bond acceptors (Lipinski definition) is 13. The van der Waals surface area contributed by atoms with Gasteiger partial charge in [-0.3, -0.25) is 19.1 Å². The molecule has 4 N–H and O–H groups in total. The van der Waals surface area contributed by atoms with Gasteiger partial charge in [-0.2, -0.15) is 0 Å². The first-order valence-corrected chi connectivity index (χ1v) is 24.5. The molecule has 4 heterocycles. The second kappa shape index (κ2) is 18.4. The summed E-state index contributed by atoms with van der Waals surface area (Å²) >= 11 is 1.46. The first-order chi connectivity index (χ1) is 29.8. The Balaban J connectivity index is 1.11. The highest BCUT2D eigenvalue weighted by Crippen LogP contribution is 2.46. The summed E-state index contributed by atoms with van der Waals surface area (Å²) in [6, 6.07) is 5.31. The number of carbonyl (C=O) groups excluding carboxylic acids is 4. The number of anilines is 1. The van der Waals surface area contributed by atoms with Gasteiger partial charge in [0.25, 0.3) is 5.91 Å². The van der Waals surface area contributed by atoms with E-state index in [2.05, 4.69) is 20.7 Å². The number of thiazole rings is 1. The van der Waals surface area contributed by atoms with E-state index in [1.807, 2.05) is 37.4 Å². The molecular formula is C44H57N7O9S2. The van der Waals surface area contributed by atoms with Gasteiger partial charge in [0.1, 0.15) is 47.0 Å². The van der Waals surface area contributed by atoms with Crippen molar-refractivity contribution in [1.29, 1.82) is 0 Å². The molecule has 0 unspecified atom stereocenters. The van der Waals surface area contributed by atoms with E-state index in [9.17, 15) is 27.6 Å². The Kier molecular flexibility index (Phi) is 13.0. The Morgan fingerprint density at radius 3 is 2.55 bits per heavy atom. The second-order valence-corrected chi connectivity index (χ2v) is 20.3. The minimum Gasteiger partial charge on any atom is -0.497 e. The summed E-state index contributed by atoms with van der Waals surface area (Å²) in [7, 11) is -2.37. The smallest absolute Gasteiger partial charge is 0.408 e. The summed E-state index contributed by atoms with van der Waals surface area (Å²) in [6.45, 7) is 4.05. The van der Waals surface area contributed by atoms with Gasteiger partial charge < -0.3 is 35.1 Å². The predicted octanol–water partition coefficient (Wildman–Crippen LogP) is 5.82. The number of fused-ring (bicyclic) bond motifs is 3. The molecule has 5 aliphatic rings. The maximum Gasteiger partial charge on any atom is 0.408 e. The minimum atomic E-state index is -3.94. The van der Waals surface area contributed by atoms with Crippen LogP contribution in [0.25, 0.3) is 22.3 Å². The summed E-state index contributed by atoms with van der Waals surface area (Å²) < 4.78 is 46.4. The quantitative estimate of drug-likeness (QED) is 0.159. The lowest BCUT2D eigenvalue weighted by Crippen LogP contribution is -2.58. The van der Waals surface area contributed by atoms with Crippen LogP contribution in [0.15, 0.2) is 41.8 Å². The number of alkyl carbamates (subject to hydrolysis) is 1. The largest absolute Gasteiger partial charge is 0.497 e. The Morgan fingerprint density at radius 1 is 1.00 bits per heavy atom. The number of carbonyl (C=O) groups is 4. The number of nitrogens with one attached hydrogen (secondary N) is 4. The lowest BCUT2D eigenvalue weighted by molar-refractivity contribution is -0.141. The minimum absolute atomic E-state index is 0.0127. The van der Waals surface area contributed by atoms with Crippen LogP contribution < -0.4 is 30.1 Å². The fraction of sp³-hybridized carbons (Fsp3) is 0.591. The molecule has 3 aliphatic carbocycles. The molecular weight excluding hydrogens is 835 g/mol. The number of pyridine rings is 1. The fourth-order valence-corrected chi connectivity index (χ4v) is 11.1. The Morgan fingerprint density at radius 2 is 1.79 bits per heavy atom. The van der Waals surface area contributed by atoms with Crippen molar-refractivity contribution >= 4 is 61.2 Å². The molecule has 8 rings (SSSR count). The van der Waals surface area contributed by atoms with Crippen molar-refractivity contribution in [3.63, 3.8) is 0 Å². The highest BCUT2D eigenvalue weighted by molar-refractivity contribution is 7.90. The summed E-state index contributed by atoms with van der Waals surface area (Å²) in [6.07, 6.45) is 10.8. The molecule has 2 aliphatic heterocycles. The molecule has 16 nitrogen and oxygen atoms in total. The standard InChI is InChI=1S/C44H57N7O9S2/c1-26(2)45-42-47-36(24-61-42)35-21-38(32-18-17-30(58-3)19-34(32)46-35)59-31-20-37-39(52)49-44(41(54)50-62(56,57)25-27-15-16-27)22-28(44)11-7-5-4-6-8-14-33(40(53)51(37)23-31)48-43(55)60-29-12-9-10-13-29/h7,11,17-19,21,24,26-29,31,33,37H,4-6,8-10,12-16,20,22-23,25H2,1-3H3,(H,45,47)(H,48,55)(H,49,52)(H,50,54)/b11-7-/t28-,31-,33+,37+,44-/m1/s1. The lowest BCUT2D eigenvalue weighted by atomic mass is 10.0. The van der Waals surface area contributed by atoms with Crippen molar-refractivity contribution < 1.29 is 41.8 Å². The molecule has 1 aromatic carbocycles. The molecule has 18 heteroatoms. The molecule has 3 aromatic rings. The Labute approximate surface area is 366 Å². The van der Waals surface area contributed by atoms with E-state index < -0.39 is 63.5 Å². The van der Waals surface area contributed by atoms with Crippen LogP contribution in [0.2, 0.25) is 0 Å². The molecule has 0 spiro atoms. The van der Waals surface area contributed by atoms with Crippen molar-refractivity contribution in [2.45, 2.75) is 133 Å². The Bertz CT molecular complexity index is 2310. The average Bonchev–Trinajstić information content (AvgIpc) is 3.91.